The van der Waals surface area contributed by atoms with Gasteiger partial charge < -0.3 is 20.1 Å². The van der Waals surface area contributed by atoms with E-state index < -0.39 is 26.5 Å². The molecule has 0 aliphatic rings. The van der Waals surface area contributed by atoms with Gasteiger partial charge in [0.05, 0.1) is 13.2 Å². The average molecular weight is 758 g/mol. The molecule has 0 aromatic carbocycles. The molecule has 0 aromatic rings. The highest BCUT2D eigenvalue weighted by molar-refractivity contribution is 7.47. The van der Waals surface area contributed by atoms with E-state index in [1.54, 1.807) is 0 Å². The van der Waals surface area contributed by atoms with Gasteiger partial charge in [-0.25, -0.2) is 4.57 Å². The lowest BCUT2D eigenvalue weighted by atomic mass is 10.0. The second-order valence-electron chi connectivity index (χ2n) is 14.2. The van der Waals surface area contributed by atoms with Gasteiger partial charge >= 0.3 is 19.8 Å². The lowest BCUT2D eigenvalue weighted by molar-refractivity contribution is -0.161. The number of carbonyl (C=O) groups excluding carboxylic acids is 2. The third-order valence-corrected chi connectivity index (χ3v) is 10.1. The van der Waals surface area contributed by atoms with Gasteiger partial charge in [-0.2, -0.15) is 0 Å². The van der Waals surface area contributed by atoms with E-state index in [9.17, 15) is 19.0 Å². The topological polar surface area (TPSA) is 134 Å². The number of esters is 2. The average Bonchev–Trinajstić information content (AvgIpc) is 3.13. The minimum absolute atomic E-state index is 0.0500. The van der Waals surface area contributed by atoms with Crippen molar-refractivity contribution in [2.45, 2.75) is 206 Å². The molecule has 0 amide bonds. The number of nitrogens with two attached hydrogens (primary N) is 1. The highest BCUT2D eigenvalue weighted by Gasteiger charge is 2.26. The molecule has 2 atom stereocenters. The molecule has 0 aliphatic heterocycles. The molecule has 0 aromatic heterocycles. The number of allylic oxidation sites excluding steroid dienone is 4. The fourth-order valence-electron chi connectivity index (χ4n) is 5.90. The van der Waals surface area contributed by atoms with Gasteiger partial charge in [-0.1, -0.05) is 167 Å². The summed E-state index contributed by atoms with van der Waals surface area (Å²) in [7, 11) is -4.38. The molecule has 0 saturated carbocycles. The predicted molar refractivity (Wildman–Crippen MR) is 215 cm³/mol. The Hall–Kier alpha value is -1.51. The van der Waals surface area contributed by atoms with Crippen molar-refractivity contribution in [1.29, 1.82) is 0 Å². The van der Waals surface area contributed by atoms with Crippen LogP contribution in [0.5, 0.6) is 0 Å². The van der Waals surface area contributed by atoms with Crippen LogP contribution in [0.2, 0.25) is 0 Å². The van der Waals surface area contributed by atoms with Gasteiger partial charge in [-0.15, -0.1) is 0 Å². The Morgan fingerprint density at radius 3 is 1.50 bits per heavy atom. The summed E-state index contributed by atoms with van der Waals surface area (Å²) < 4.78 is 32.7. The Bertz CT molecular complexity index is 912. The largest absolute Gasteiger partial charge is 0.472 e. The fourth-order valence-corrected chi connectivity index (χ4v) is 6.67. The zero-order chi connectivity index (χ0) is 38.2. The molecule has 10 heteroatoms. The van der Waals surface area contributed by atoms with Crippen LogP contribution in [0.3, 0.4) is 0 Å². The van der Waals surface area contributed by atoms with Crippen LogP contribution in [-0.4, -0.2) is 49.3 Å². The molecule has 0 spiro atoms. The molecule has 9 nitrogen and oxygen atoms in total. The number of phosphoric ester groups is 1. The Kier molecular flexibility index (Phi) is 38.1. The second kappa shape index (κ2) is 39.2. The van der Waals surface area contributed by atoms with Gasteiger partial charge in [0, 0.05) is 19.4 Å². The Morgan fingerprint density at radius 2 is 1.00 bits per heavy atom. The number of unbranched alkanes of at least 4 members (excludes halogenated alkanes) is 23. The molecule has 1 unspecified atom stereocenters. The summed E-state index contributed by atoms with van der Waals surface area (Å²) in [6.45, 7) is 3.70. The van der Waals surface area contributed by atoms with Gasteiger partial charge in [-0.3, -0.25) is 18.6 Å². The molecule has 3 N–H and O–H groups in total. The van der Waals surface area contributed by atoms with Crippen molar-refractivity contribution in [3.8, 4) is 0 Å². The molecule has 0 aliphatic carbocycles. The van der Waals surface area contributed by atoms with Crippen LogP contribution in [0.1, 0.15) is 200 Å². The maximum absolute atomic E-state index is 12.5. The zero-order valence-electron chi connectivity index (χ0n) is 33.6. The summed E-state index contributed by atoms with van der Waals surface area (Å²) in [5, 5.41) is 0. The Morgan fingerprint density at radius 1 is 0.577 bits per heavy atom. The van der Waals surface area contributed by atoms with E-state index in [0.717, 1.165) is 44.9 Å². The number of carbonyl (C=O) groups is 2. The van der Waals surface area contributed by atoms with Crippen LogP contribution in [0.4, 0.5) is 0 Å². The maximum atomic E-state index is 12.5. The molecule has 0 fully saturated rings. The van der Waals surface area contributed by atoms with Crippen LogP contribution < -0.4 is 5.73 Å². The summed E-state index contributed by atoms with van der Waals surface area (Å²) >= 11 is 0. The first-order chi connectivity index (χ1) is 25.3. The summed E-state index contributed by atoms with van der Waals surface area (Å²) in [5.74, 6) is -0.860. The second-order valence-corrected chi connectivity index (χ2v) is 15.7. The van der Waals surface area contributed by atoms with Gasteiger partial charge in [0.1, 0.15) is 6.61 Å². The third kappa shape index (κ3) is 38.2. The minimum atomic E-state index is -4.38. The van der Waals surface area contributed by atoms with E-state index >= 15 is 0 Å². The summed E-state index contributed by atoms with van der Waals surface area (Å²) in [5.41, 5.74) is 5.34. The van der Waals surface area contributed by atoms with Crippen LogP contribution in [0.15, 0.2) is 24.3 Å². The minimum Gasteiger partial charge on any atom is -0.462 e. The molecule has 0 radical (unpaired) electrons. The van der Waals surface area contributed by atoms with Crippen molar-refractivity contribution in [2.75, 3.05) is 26.4 Å². The highest BCUT2D eigenvalue weighted by Crippen LogP contribution is 2.43. The maximum Gasteiger partial charge on any atom is 0.472 e. The summed E-state index contributed by atoms with van der Waals surface area (Å²) in [6, 6.07) is 0. The number of ether oxygens (including phenoxy) is 2. The highest BCUT2D eigenvalue weighted by atomic mass is 31.2. The van der Waals surface area contributed by atoms with Crippen molar-refractivity contribution in [3.05, 3.63) is 24.3 Å². The van der Waals surface area contributed by atoms with E-state index in [1.165, 1.54) is 122 Å². The molecule has 0 bridgehead atoms. The van der Waals surface area contributed by atoms with E-state index in [0.29, 0.717) is 6.42 Å². The molecule has 52 heavy (non-hydrogen) atoms. The predicted octanol–water partition coefficient (Wildman–Crippen LogP) is 12.0. The van der Waals surface area contributed by atoms with Crippen molar-refractivity contribution < 1.29 is 37.6 Å². The SMILES string of the molecule is CCCCCCCC/C=C/C/C=C/CCCCC(=O)O[C@H](COC(=O)CCCCCCCCCCCCCCCCCC)COP(=O)(O)OCCN. The first-order valence-corrected chi connectivity index (χ1v) is 22.8. The molecule has 0 rings (SSSR count). The zero-order valence-corrected chi connectivity index (χ0v) is 34.4. The molecule has 306 valence electrons. The van der Waals surface area contributed by atoms with E-state index in [-0.39, 0.29) is 38.6 Å². The lowest BCUT2D eigenvalue weighted by Gasteiger charge is -2.19. The van der Waals surface area contributed by atoms with Crippen LogP contribution in [0, 0.1) is 0 Å². The summed E-state index contributed by atoms with van der Waals surface area (Å²) in [6.07, 6.45) is 40.7. The first kappa shape index (κ1) is 50.5. The van der Waals surface area contributed by atoms with Crippen molar-refractivity contribution in [1.82, 2.24) is 0 Å². The normalized spacial score (nSPS) is 13.5. The van der Waals surface area contributed by atoms with Crippen molar-refractivity contribution in [2.24, 2.45) is 5.73 Å². The van der Waals surface area contributed by atoms with Gasteiger partial charge in [0.15, 0.2) is 6.10 Å². The van der Waals surface area contributed by atoms with Crippen LogP contribution >= 0.6 is 7.82 Å². The van der Waals surface area contributed by atoms with Gasteiger partial charge in [-0.05, 0) is 44.9 Å². The summed E-state index contributed by atoms with van der Waals surface area (Å²) in [4.78, 5) is 34.8. The smallest absolute Gasteiger partial charge is 0.462 e. The molecular formula is C42H80NO8P. The van der Waals surface area contributed by atoms with Crippen molar-refractivity contribution in [3.63, 3.8) is 0 Å². The quantitative estimate of drug-likeness (QED) is 0.0271. The van der Waals surface area contributed by atoms with E-state index in [4.69, 9.17) is 24.3 Å². The standard InChI is InChI=1S/C42H80NO8P/c1-3-5-7-9-11-13-15-17-19-21-22-24-26-28-30-32-34-41(44)48-38-40(39-50-52(46,47)49-37-36-43)51-42(45)35-33-31-29-27-25-23-20-18-16-14-12-10-8-6-4-2/h18,20,25,27,40H,3-17,19,21-24,26,28-39,43H2,1-2H3,(H,46,47)/b20-18+,27-25+/t40-/m1/s1. The first-order valence-electron chi connectivity index (χ1n) is 21.3. The van der Waals surface area contributed by atoms with Gasteiger partial charge in [0.25, 0.3) is 0 Å². The van der Waals surface area contributed by atoms with Crippen molar-refractivity contribution >= 4 is 19.8 Å². The Balaban J connectivity index is 4.19. The number of phosphoric acid groups is 1. The molecular weight excluding hydrogens is 677 g/mol. The number of rotatable bonds is 40. The fraction of sp³-hybridized carbons (Fsp3) is 0.857. The lowest BCUT2D eigenvalue weighted by Crippen LogP contribution is -2.29. The van der Waals surface area contributed by atoms with Crippen LogP contribution in [-0.2, 0) is 32.7 Å². The van der Waals surface area contributed by atoms with E-state index in [1.807, 2.05) is 0 Å². The third-order valence-electron chi connectivity index (χ3n) is 9.09. The van der Waals surface area contributed by atoms with Gasteiger partial charge in [0.2, 0.25) is 0 Å². The number of hydrogen-bond acceptors (Lipinski definition) is 8. The number of hydrogen-bond donors (Lipinski definition) is 2. The van der Waals surface area contributed by atoms with Crippen LogP contribution in [0.25, 0.3) is 0 Å². The van der Waals surface area contributed by atoms with E-state index in [2.05, 4.69) is 38.2 Å². The molecule has 0 heterocycles. The molecule has 0 saturated heterocycles. The Labute approximate surface area is 319 Å². The monoisotopic (exact) mass is 758 g/mol.